The third-order valence-electron chi connectivity index (χ3n) is 5.44. The van der Waals surface area contributed by atoms with Crippen LogP contribution in [0.5, 0.6) is 11.5 Å². The van der Waals surface area contributed by atoms with E-state index < -0.39 is 21.2 Å². The normalized spacial score (nSPS) is 12.5. The highest BCUT2D eigenvalue weighted by molar-refractivity contribution is 7.17. The van der Waals surface area contributed by atoms with Crippen LogP contribution >= 0.6 is 34.5 Å². The molecule has 15 heteroatoms. The molecule has 0 radical (unpaired) electrons. The highest BCUT2D eigenvalue weighted by Crippen LogP contribution is 2.34. The number of thiazole rings is 1. The van der Waals surface area contributed by atoms with Gasteiger partial charge in [0, 0.05) is 18.0 Å². The van der Waals surface area contributed by atoms with Crippen molar-refractivity contribution >= 4 is 74.2 Å². The van der Waals surface area contributed by atoms with Crippen molar-refractivity contribution in [2.45, 2.75) is 0 Å². The van der Waals surface area contributed by atoms with Crippen molar-refractivity contribution in [2.24, 2.45) is 5.10 Å². The third kappa shape index (κ3) is 6.12. The lowest BCUT2D eigenvalue weighted by molar-refractivity contribution is -0.393. The minimum Gasteiger partial charge on any atom is -0.454 e. The number of non-ortho nitro benzene ring substituents is 1. The summed E-state index contributed by atoms with van der Waals surface area (Å²) >= 11 is 13.4. The van der Waals surface area contributed by atoms with Gasteiger partial charge in [-0.2, -0.15) is 5.10 Å². The van der Waals surface area contributed by atoms with E-state index in [0.29, 0.717) is 43.0 Å². The zero-order chi connectivity index (χ0) is 28.2. The summed E-state index contributed by atoms with van der Waals surface area (Å²) in [5.74, 6) is 1.24. The molecule has 0 aliphatic carbocycles. The molecule has 5 rings (SSSR count). The number of nitro groups is 2. The van der Waals surface area contributed by atoms with Gasteiger partial charge in [0.05, 0.1) is 30.8 Å². The van der Waals surface area contributed by atoms with Gasteiger partial charge >= 0.3 is 5.69 Å². The number of ether oxygens (including phenoxy) is 2. The average Bonchev–Trinajstić information content (AvgIpc) is 3.60. The Labute approximate surface area is 239 Å². The summed E-state index contributed by atoms with van der Waals surface area (Å²) in [6.07, 6.45) is 5.05. The fourth-order valence-corrected chi connectivity index (χ4v) is 4.62. The molecule has 12 nitrogen and oxygen atoms in total. The SMILES string of the molecule is O=[N+]([O-])c1ccc(N/N=C(\C=C\c2ccc3c(c2)OCO3)c2cnc(Nc3ccc(Cl)c(Cl)c3)s2)c([N+](=O)[O-])c1. The quantitative estimate of drug-likeness (QED) is 0.115. The van der Waals surface area contributed by atoms with Crippen LogP contribution in [0.4, 0.5) is 27.9 Å². The predicted molar refractivity (Wildman–Crippen MR) is 153 cm³/mol. The zero-order valence-electron chi connectivity index (χ0n) is 20.0. The Morgan fingerprint density at radius 2 is 1.82 bits per heavy atom. The summed E-state index contributed by atoms with van der Waals surface area (Å²) in [6, 6.07) is 13.7. The zero-order valence-corrected chi connectivity index (χ0v) is 22.4. The van der Waals surface area contributed by atoms with Crippen molar-refractivity contribution in [3.05, 3.63) is 108 Å². The van der Waals surface area contributed by atoms with Crippen LogP contribution in [0.25, 0.3) is 6.08 Å². The standard InChI is InChI=1S/C25H16Cl2N6O6S/c26-17-5-3-15(10-18(17)27)29-25-28-12-24(40-25)20(6-1-14-2-8-22-23(9-14)39-13-38-22)31-30-19-7-4-16(32(34)35)11-21(19)33(36)37/h1-12,30H,13H2,(H,28,29)/b6-1+,31-20+. The molecule has 4 aromatic rings. The molecule has 3 aromatic carbocycles. The number of aromatic nitrogens is 1. The molecule has 202 valence electrons. The van der Waals surface area contributed by atoms with Gasteiger partial charge < -0.3 is 14.8 Å². The van der Waals surface area contributed by atoms with Crippen LogP contribution < -0.4 is 20.2 Å². The number of halogens is 2. The van der Waals surface area contributed by atoms with Gasteiger partial charge in [0.2, 0.25) is 6.79 Å². The van der Waals surface area contributed by atoms with E-state index >= 15 is 0 Å². The number of nitro benzene ring substituents is 2. The molecule has 1 aromatic heterocycles. The molecule has 0 spiro atoms. The number of allylic oxidation sites excluding steroid dienone is 1. The van der Waals surface area contributed by atoms with Crippen molar-refractivity contribution in [1.82, 2.24) is 4.98 Å². The van der Waals surface area contributed by atoms with Gasteiger partial charge in [0.25, 0.3) is 5.69 Å². The third-order valence-corrected chi connectivity index (χ3v) is 7.12. The minimum atomic E-state index is -0.723. The van der Waals surface area contributed by atoms with Crippen molar-refractivity contribution in [3.8, 4) is 11.5 Å². The van der Waals surface area contributed by atoms with Crippen molar-refractivity contribution in [1.29, 1.82) is 0 Å². The van der Waals surface area contributed by atoms with Crippen molar-refractivity contribution in [3.63, 3.8) is 0 Å². The van der Waals surface area contributed by atoms with Crippen LogP contribution in [0, 0.1) is 20.2 Å². The fourth-order valence-electron chi connectivity index (χ4n) is 3.51. The van der Waals surface area contributed by atoms with Crippen LogP contribution in [0.15, 0.2) is 72.0 Å². The Balaban J connectivity index is 1.46. The summed E-state index contributed by atoms with van der Waals surface area (Å²) in [5.41, 5.74) is 3.57. The number of rotatable bonds is 9. The smallest absolute Gasteiger partial charge is 0.301 e. The lowest BCUT2D eigenvalue weighted by Gasteiger charge is -2.05. The Kier molecular flexibility index (Phi) is 7.77. The molecule has 0 bridgehead atoms. The predicted octanol–water partition coefficient (Wildman–Crippen LogP) is 7.27. The Morgan fingerprint density at radius 3 is 2.60 bits per heavy atom. The van der Waals surface area contributed by atoms with E-state index in [9.17, 15) is 20.2 Å². The monoisotopic (exact) mass is 598 g/mol. The molecular weight excluding hydrogens is 583 g/mol. The Bertz CT molecular complexity index is 1690. The van der Waals surface area contributed by atoms with E-state index in [-0.39, 0.29) is 12.5 Å². The van der Waals surface area contributed by atoms with E-state index in [1.807, 2.05) is 6.07 Å². The molecule has 0 saturated heterocycles. The largest absolute Gasteiger partial charge is 0.454 e. The number of hydrazone groups is 1. The van der Waals surface area contributed by atoms with Crippen LogP contribution in [0.1, 0.15) is 10.4 Å². The van der Waals surface area contributed by atoms with Gasteiger partial charge in [-0.15, -0.1) is 0 Å². The summed E-state index contributed by atoms with van der Waals surface area (Å²) < 4.78 is 10.8. The molecule has 1 aliphatic rings. The molecule has 1 aliphatic heterocycles. The second-order valence-corrected chi connectivity index (χ2v) is 9.90. The first kappa shape index (κ1) is 26.9. The first-order valence-electron chi connectivity index (χ1n) is 11.3. The Morgan fingerprint density at radius 1 is 1.00 bits per heavy atom. The van der Waals surface area contributed by atoms with E-state index in [1.165, 1.54) is 17.4 Å². The number of fused-ring (bicyclic) bond motifs is 1. The molecule has 0 amide bonds. The number of anilines is 3. The molecule has 0 unspecified atom stereocenters. The molecule has 0 atom stereocenters. The highest BCUT2D eigenvalue weighted by Gasteiger charge is 2.20. The molecule has 0 fully saturated rings. The summed E-state index contributed by atoms with van der Waals surface area (Å²) in [7, 11) is 0. The number of hydrogen-bond donors (Lipinski definition) is 2. The number of benzene rings is 3. The molecular formula is C25H16Cl2N6O6S. The molecule has 2 heterocycles. The highest BCUT2D eigenvalue weighted by atomic mass is 35.5. The van der Waals surface area contributed by atoms with E-state index in [1.54, 1.807) is 48.7 Å². The number of nitrogens with one attached hydrogen (secondary N) is 2. The molecule has 40 heavy (non-hydrogen) atoms. The van der Waals surface area contributed by atoms with Gasteiger partial charge in [-0.1, -0.05) is 46.7 Å². The summed E-state index contributed by atoms with van der Waals surface area (Å²) in [4.78, 5) is 26.2. The fraction of sp³-hybridized carbons (Fsp3) is 0.0400. The maximum Gasteiger partial charge on any atom is 0.301 e. The number of nitrogens with zero attached hydrogens (tertiary/aromatic N) is 4. The Hall–Kier alpha value is -4.72. The van der Waals surface area contributed by atoms with Crippen LogP contribution in [-0.2, 0) is 0 Å². The lowest BCUT2D eigenvalue weighted by Crippen LogP contribution is -2.02. The van der Waals surface area contributed by atoms with E-state index in [4.69, 9.17) is 32.7 Å². The second kappa shape index (κ2) is 11.6. The first-order chi connectivity index (χ1) is 19.3. The topological polar surface area (TPSA) is 154 Å². The van der Waals surface area contributed by atoms with Gasteiger partial charge in [0.15, 0.2) is 16.6 Å². The maximum atomic E-state index is 11.6. The van der Waals surface area contributed by atoms with Crippen molar-refractivity contribution in [2.75, 3.05) is 17.5 Å². The average molecular weight is 599 g/mol. The van der Waals surface area contributed by atoms with Gasteiger partial charge in [0.1, 0.15) is 11.4 Å². The second-order valence-electron chi connectivity index (χ2n) is 8.05. The number of hydrogen-bond acceptors (Lipinski definition) is 11. The van der Waals surface area contributed by atoms with Crippen molar-refractivity contribution < 1.29 is 19.3 Å². The van der Waals surface area contributed by atoms with Gasteiger partial charge in [-0.3, -0.25) is 25.7 Å². The molecule has 2 N–H and O–H groups in total. The van der Waals surface area contributed by atoms with Gasteiger partial charge in [-0.25, -0.2) is 4.98 Å². The van der Waals surface area contributed by atoms with E-state index in [0.717, 1.165) is 17.7 Å². The summed E-state index contributed by atoms with van der Waals surface area (Å²) in [6.45, 7) is 0.141. The first-order valence-corrected chi connectivity index (χ1v) is 12.9. The minimum absolute atomic E-state index is 0.0248. The van der Waals surface area contributed by atoms with Crippen LogP contribution in [-0.4, -0.2) is 27.3 Å². The van der Waals surface area contributed by atoms with Crippen LogP contribution in [0.3, 0.4) is 0 Å². The van der Waals surface area contributed by atoms with Gasteiger partial charge in [-0.05, 0) is 48.0 Å². The maximum absolute atomic E-state index is 11.6. The van der Waals surface area contributed by atoms with E-state index in [2.05, 4.69) is 20.8 Å². The molecule has 0 saturated carbocycles. The lowest BCUT2D eigenvalue weighted by atomic mass is 10.1. The summed E-state index contributed by atoms with van der Waals surface area (Å²) in [5, 5.41) is 31.5. The van der Waals surface area contributed by atoms with Crippen LogP contribution in [0.2, 0.25) is 10.0 Å².